The Morgan fingerprint density at radius 3 is 2.19 bits per heavy atom. The molecule has 0 atom stereocenters. The Morgan fingerprint density at radius 1 is 0.926 bits per heavy atom. The third kappa shape index (κ3) is 3.82. The lowest BCUT2D eigenvalue weighted by molar-refractivity contribution is -0.132. The van der Waals surface area contributed by atoms with Crippen molar-refractivity contribution in [1.82, 2.24) is 0 Å². The first kappa shape index (κ1) is 18.2. The molecule has 0 aliphatic rings. The van der Waals surface area contributed by atoms with Gasteiger partial charge in [0, 0.05) is 19.2 Å². The molecule has 0 amide bonds. The first-order valence-corrected chi connectivity index (χ1v) is 8.01. The molecule has 7 heteroatoms. The summed E-state index contributed by atoms with van der Waals surface area (Å²) in [6.45, 7) is 2.55. The molecule has 0 bridgehead atoms. The van der Waals surface area contributed by atoms with Crippen molar-refractivity contribution in [2.75, 3.05) is 7.11 Å². The second-order valence-electron chi connectivity index (χ2n) is 5.67. The normalized spacial score (nSPS) is 10.5. The van der Waals surface area contributed by atoms with Crippen LogP contribution in [0.25, 0.3) is 22.1 Å². The van der Waals surface area contributed by atoms with Gasteiger partial charge < -0.3 is 18.6 Å². The number of esters is 2. The van der Waals surface area contributed by atoms with Gasteiger partial charge in [0.15, 0.2) is 11.3 Å². The molecule has 138 valence electrons. The average Bonchev–Trinajstić information content (AvgIpc) is 2.62. The number of hydrogen-bond donors (Lipinski definition) is 0. The summed E-state index contributed by atoms with van der Waals surface area (Å²) < 4.78 is 20.7. The molecule has 0 N–H and O–H groups in total. The number of benzene rings is 2. The topological polar surface area (TPSA) is 92.0 Å². The average molecular weight is 368 g/mol. The van der Waals surface area contributed by atoms with Crippen molar-refractivity contribution in [3.05, 3.63) is 52.9 Å². The molecule has 2 aromatic carbocycles. The zero-order valence-corrected chi connectivity index (χ0v) is 14.9. The molecule has 0 unspecified atom stereocenters. The number of ether oxygens (including phenoxy) is 3. The van der Waals surface area contributed by atoms with E-state index in [1.807, 2.05) is 0 Å². The van der Waals surface area contributed by atoms with Gasteiger partial charge in [0.1, 0.15) is 5.75 Å². The quantitative estimate of drug-likeness (QED) is 0.396. The Balaban J connectivity index is 2.11. The highest BCUT2D eigenvalue weighted by Gasteiger charge is 2.17. The fourth-order valence-corrected chi connectivity index (χ4v) is 2.61. The maximum Gasteiger partial charge on any atom is 0.344 e. The molecular weight excluding hydrogens is 352 g/mol. The number of methoxy groups -OCH3 is 1. The van der Waals surface area contributed by atoms with Gasteiger partial charge in [-0.1, -0.05) is 12.1 Å². The SMILES string of the molecule is COc1ccc2cc(-c3ccc(OC(C)=O)cc3)c(=O)oc2c1OC(C)=O. The number of carbonyl (C=O) groups excluding carboxylic acids is 2. The third-order valence-electron chi connectivity index (χ3n) is 3.71. The summed E-state index contributed by atoms with van der Waals surface area (Å²) in [5.74, 6) is -0.289. The van der Waals surface area contributed by atoms with Gasteiger partial charge in [0.05, 0.1) is 12.7 Å². The molecule has 1 heterocycles. The highest BCUT2D eigenvalue weighted by molar-refractivity contribution is 5.90. The van der Waals surface area contributed by atoms with E-state index < -0.39 is 17.6 Å². The van der Waals surface area contributed by atoms with Crippen molar-refractivity contribution in [3.63, 3.8) is 0 Å². The molecular formula is C20H16O7. The molecule has 0 fully saturated rings. The van der Waals surface area contributed by atoms with Crippen molar-refractivity contribution in [2.45, 2.75) is 13.8 Å². The Labute approximate surface area is 154 Å². The minimum atomic E-state index is -0.607. The van der Waals surface area contributed by atoms with Gasteiger partial charge in [-0.3, -0.25) is 9.59 Å². The van der Waals surface area contributed by atoms with Crippen LogP contribution < -0.4 is 19.8 Å². The predicted molar refractivity (Wildman–Crippen MR) is 97.1 cm³/mol. The number of fused-ring (bicyclic) bond motifs is 1. The summed E-state index contributed by atoms with van der Waals surface area (Å²) >= 11 is 0. The van der Waals surface area contributed by atoms with Crippen LogP contribution in [0.1, 0.15) is 13.8 Å². The van der Waals surface area contributed by atoms with Gasteiger partial charge in [-0.25, -0.2) is 4.79 Å². The highest BCUT2D eigenvalue weighted by atomic mass is 16.6. The van der Waals surface area contributed by atoms with E-state index in [9.17, 15) is 14.4 Å². The second kappa shape index (κ2) is 7.33. The zero-order valence-electron chi connectivity index (χ0n) is 14.9. The molecule has 0 radical (unpaired) electrons. The fourth-order valence-electron chi connectivity index (χ4n) is 2.61. The number of rotatable bonds is 4. The van der Waals surface area contributed by atoms with Crippen LogP contribution in [0, 0.1) is 0 Å². The van der Waals surface area contributed by atoms with Crippen LogP contribution in [0.15, 0.2) is 51.7 Å². The van der Waals surface area contributed by atoms with Crippen LogP contribution in [0.5, 0.6) is 17.2 Å². The molecule has 7 nitrogen and oxygen atoms in total. The van der Waals surface area contributed by atoms with Crippen LogP contribution in [-0.2, 0) is 9.59 Å². The van der Waals surface area contributed by atoms with E-state index in [0.29, 0.717) is 22.3 Å². The molecule has 3 rings (SSSR count). The standard InChI is InChI=1S/C20H16O7/c1-11(21)25-15-7-4-13(5-8-15)16-10-14-6-9-17(24-3)19(26-12(2)22)18(14)27-20(16)23/h4-10H,1-3H3. The van der Waals surface area contributed by atoms with E-state index in [1.165, 1.54) is 21.0 Å². The van der Waals surface area contributed by atoms with Gasteiger partial charge >= 0.3 is 17.6 Å². The maximum atomic E-state index is 12.5. The van der Waals surface area contributed by atoms with Crippen molar-refractivity contribution in [1.29, 1.82) is 0 Å². The smallest absolute Gasteiger partial charge is 0.344 e. The predicted octanol–water partition coefficient (Wildman–Crippen LogP) is 3.32. The van der Waals surface area contributed by atoms with Crippen molar-refractivity contribution in [3.8, 4) is 28.4 Å². The fraction of sp³-hybridized carbons (Fsp3) is 0.150. The summed E-state index contributed by atoms with van der Waals surface area (Å²) in [6.07, 6.45) is 0. The van der Waals surface area contributed by atoms with E-state index in [-0.39, 0.29) is 17.1 Å². The van der Waals surface area contributed by atoms with E-state index >= 15 is 0 Å². The van der Waals surface area contributed by atoms with Crippen molar-refractivity contribution in [2.24, 2.45) is 0 Å². The maximum absolute atomic E-state index is 12.5. The monoisotopic (exact) mass is 368 g/mol. The lowest BCUT2D eigenvalue weighted by Crippen LogP contribution is -2.07. The van der Waals surface area contributed by atoms with E-state index in [2.05, 4.69) is 0 Å². The minimum absolute atomic E-state index is 0.0522. The molecule has 1 aromatic heterocycles. The first-order chi connectivity index (χ1) is 12.9. The molecule has 0 saturated carbocycles. The largest absolute Gasteiger partial charge is 0.493 e. The van der Waals surface area contributed by atoms with Crippen LogP contribution in [0.2, 0.25) is 0 Å². The van der Waals surface area contributed by atoms with Crippen LogP contribution in [-0.4, -0.2) is 19.0 Å². The first-order valence-electron chi connectivity index (χ1n) is 8.01. The molecule has 0 aliphatic carbocycles. The van der Waals surface area contributed by atoms with Gasteiger partial charge in [-0.15, -0.1) is 0 Å². The summed E-state index contributed by atoms with van der Waals surface area (Å²) in [6, 6.07) is 11.4. The molecule has 0 saturated heterocycles. The van der Waals surface area contributed by atoms with Gasteiger partial charge in [0.2, 0.25) is 5.75 Å². The molecule has 27 heavy (non-hydrogen) atoms. The van der Waals surface area contributed by atoms with Gasteiger partial charge in [0.25, 0.3) is 0 Å². The number of carbonyl (C=O) groups is 2. The molecule has 0 spiro atoms. The Hall–Kier alpha value is -3.61. The van der Waals surface area contributed by atoms with E-state index in [0.717, 1.165) is 0 Å². The zero-order chi connectivity index (χ0) is 19.6. The van der Waals surface area contributed by atoms with Gasteiger partial charge in [-0.05, 0) is 35.9 Å². The van der Waals surface area contributed by atoms with E-state index in [4.69, 9.17) is 18.6 Å². The third-order valence-corrected chi connectivity index (χ3v) is 3.71. The Kier molecular flexibility index (Phi) is 4.94. The lowest BCUT2D eigenvalue weighted by atomic mass is 10.1. The highest BCUT2D eigenvalue weighted by Crippen LogP contribution is 2.36. The number of hydrogen-bond acceptors (Lipinski definition) is 7. The summed E-state index contributed by atoms with van der Waals surface area (Å²) in [5, 5.41) is 0.561. The lowest BCUT2D eigenvalue weighted by Gasteiger charge is -2.11. The summed E-state index contributed by atoms with van der Waals surface area (Å²) in [4.78, 5) is 34.9. The van der Waals surface area contributed by atoms with E-state index in [1.54, 1.807) is 42.5 Å². The molecule has 0 aliphatic heterocycles. The minimum Gasteiger partial charge on any atom is -0.493 e. The van der Waals surface area contributed by atoms with Crippen LogP contribution >= 0.6 is 0 Å². The van der Waals surface area contributed by atoms with Crippen LogP contribution in [0.3, 0.4) is 0 Å². The second-order valence-corrected chi connectivity index (χ2v) is 5.67. The Bertz CT molecular complexity index is 1080. The summed E-state index contributed by atoms with van der Waals surface area (Å²) in [5.41, 5.74) is 0.418. The van der Waals surface area contributed by atoms with Gasteiger partial charge in [-0.2, -0.15) is 0 Å². The van der Waals surface area contributed by atoms with Crippen molar-refractivity contribution >= 4 is 22.9 Å². The van der Waals surface area contributed by atoms with Crippen LogP contribution in [0.4, 0.5) is 0 Å². The molecule has 3 aromatic rings. The van der Waals surface area contributed by atoms with Crippen molar-refractivity contribution < 1.29 is 28.2 Å². The summed E-state index contributed by atoms with van der Waals surface area (Å²) in [7, 11) is 1.42. The Morgan fingerprint density at radius 2 is 1.59 bits per heavy atom.